The number of nitrogens with two attached hydrogens (primary N) is 1. The number of nitrogens with zero attached hydrogens (tertiary/aromatic N) is 1. The van der Waals surface area contributed by atoms with Crippen LogP contribution in [-0.2, 0) is 9.84 Å². The van der Waals surface area contributed by atoms with Crippen LogP contribution in [0.1, 0.15) is 20.3 Å². The lowest BCUT2D eigenvalue weighted by Gasteiger charge is -2.08. The Morgan fingerprint density at radius 1 is 1.69 bits per heavy atom. The maximum absolute atomic E-state index is 11.7. The molecule has 6 heteroatoms. The molecular weight excluding hydrogens is 190 g/mol. The Kier molecular flexibility index (Phi) is 2.60. The molecule has 0 bridgehead atoms. The fraction of sp³-hybridized carbons (Fsp3) is 0.571. The van der Waals surface area contributed by atoms with Gasteiger partial charge in [0.2, 0.25) is 0 Å². The summed E-state index contributed by atoms with van der Waals surface area (Å²) < 4.78 is 23.4. The highest BCUT2D eigenvalue weighted by atomic mass is 32.2. The number of hydrogen-bond acceptors (Lipinski definition) is 4. The molecule has 3 N–H and O–H groups in total. The molecule has 0 aliphatic heterocycles. The molecule has 0 amide bonds. The Labute approximate surface area is 77.3 Å². The lowest BCUT2D eigenvalue weighted by molar-refractivity contribution is 0.581. The predicted octanol–water partition coefficient (Wildman–Crippen LogP) is 0.564. The third-order valence-electron chi connectivity index (χ3n) is 2.04. The summed E-state index contributed by atoms with van der Waals surface area (Å²) >= 11 is 0. The van der Waals surface area contributed by atoms with Gasteiger partial charge in [0.05, 0.1) is 11.4 Å². The summed E-state index contributed by atoms with van der Waals surface area (Å²) in [6.45, 7) is 3.47. The van der Waals surface area contributed by atoms with Crippen molar-refractivity contribution in [2.45, 2.75) is 30.4 Å². The Hall–Kier alpha value is -1.04. The molecule has 0 fully saturated rings. The molecule has 1 atom stereocenters. The molecule has 5 nitrogen and oxygen atoms in total. The van der Waals surface area contributed by atoms with Gasteiger partial charge >= 0.3 is 0 Å². The van der Waals surface area contributed by atoms with Crippen molar-refractivity contribution in [1.82, 2.24) is 10.2 Å². The van der Waals surface area contributed by atoms with E-state index in [1.807, 2.05) is 6.92 Å². The van der Waals surface area contributed by atoms with Crippen LogP contribution in [0.2, 0.25) is 0 Å². The van der Waals surface area contributed by atoms with E-state index in [0.717, 1.165) is 0 Å². The fourth-order valence-electron chi connectivity index (χ4n) is 0.948. The van der Waals surface area contributed by atoms with Crippen molar-refractivity contribution >= 4 is 15.7 Å². The third kappa shape index (κ3) is 1.67. The lowest BCUT2D eigenvalue weighted by atomic mass is 10.4. The number of rotatable bonds is 3. The fourth-order valence-corrected chi connectivity index (χ4v) is 2.37. The van der Waals surface area contributed by atoms with Crippen LogP contribution in [0, 0.1) is 0 Å². The largest absolute Gasteiger partial charge is 0.383 e. The van der Waals surface area contributed by atoms with Crippen molar-refractivity contribution in [1.29, 1.82) is 0 Å². The zero-order valence-corrected chi connectivity index (χ0v) is 8.43. The average Bonchev–Trinajstić information content (AvgIpc) is 2.50. The molecular formula is C7H13N3O2S. The summed E-state index contributed by atoms with van der Waals surface area (Å²) in [5.41, 5.74) is 5.42. The number of sulfone groups is 1. The van der Waals surface area contributed by atoms with E-state index in [1.54, 1.807) is 6.92 Å². The topological polar surface area (TPSA) is 88.8 Å². The molecule has 0 aromatic carbocycles. The monoisotopic (exact) mass is 203 g/mol. The van der Waals surface area contributed by atoms with E-state index in [-0.39, 0.29) is 10.7 Å². The first-order valence-corrected chi connectivity index (χ1v) is 5.57. The van der Waals surface area contributed by atoms with Gasteiger partial charge in [-0.15, -0.1) is 0 Å². The van der Waals surface area contributed by atoms with Gasteiger partial charge < -0.3 is 5.73 Å². The molecule has 0 radical (unpaired) electrons. The van der Waals surface area contributed by atoms with Crippen molar-refractivity contribution in [3.05, 3.63) is 6.20 Å². The molecule has 74 valence electrons. The van der Waals surface area contributed by atoms with Gasteiger partial charge in [-0.25, -0.2) is 8.42 Å². The minimum absolute atomic E-state index is 0.0989. The second kappa shape index (κ2) is 3.37. The predicted molar refractivity (Wildman–Crippen MR) is 49.9 cm³/mol. The molecule has 0 saturated heterocycles. The maximum Gasteiger partial charge on any atom is 0.186 e. The number of anilines is 1. The zero-order chi connectivity index (χ0) is 10.1. The number of aromatic nitrogens is 2. The summed E-state index contributed by atoms with van der Waals surface area (Å²) in [7, 11) is -3.30. The Balaban J connectivity index is 3.16. The van der Waals surface area contributed by atoms with E-state index in [1.165, 1.54) is 6.20 Å². The number of H-pyrrole nitrogens is 1. The standard InChI is InChI=1S/C7H13N3O2S/c1-3-5(2)13(11,12)6-4-9-10-7(6)8/h4-5H,3H2,1-2H3,(H3,8,9,10). The minimum atomic E-state index is -3.30. The van der Waals surface area contributed by atoms with Gasteiger partial charge in [-0.1, -0.05) is 6.92 Å². The highest BCUT2D eigenvalue weighted by molar-refractivity contribution is 7.92. The molecule has 1 aromatic rings. The van der Waals surface area contributed by atoms with Gasteiger partial charge in [-0.2, -0.15) is 5.10 Å². The van der Waals surface area contributed by atoms with E-state index >= 15 is 0 Å². The summed E-state index contributed by atoms with van der Waals surface area (Å²) in [6.07, 6.45) is 1.81. The minimum Gasteiger partial charge on any atom is -0.383 e. The summed E-state index contributed by atoms with van der Waals surface area (Å²) in [6, 6.07) is 0. The van der Waals surface area contributed by atoms with Gasteiger partial charge in [0.1, 0.15) is 10.7 Å². The number of aromatic amines is 1. The molecule has 1 heterocycles. The van der Waals surface area contributed by atoms with Crippen molar-refractivity contribution < 1.29 is 8.42 Å². The van der Waals surface area contributed by atoms with Crippen molar-refractivity contribution in [3.63, 3.8) is 0 Å². The smallest absolute Gasteiger partial charge is 0.186 e. The molecule has 13 heavy (non-hydrogen) atoms. The van der Waals surface area contributed by atoms with E-state index in [4.69, 9.17) is 5.73 Å². The summed E-state index contributed by atoms with van der Waals surface area (Å²) in [5, 5.41) is 5.55. The van der Waals surface area contributed by atoms with E-state index in [0.29, 0.717) is 6.42 Å². The van der Waals surface area contributed by atoms with Gasteiger partial charge in [0, 0.05) is 0 Å². The first-order chi connectivity index (χ1) is 6.00. The van der Waals surface area contributed by atoms with Crippen LogP contribution in [-0.4, -0.2) is 23.9 Å². The first kappa shape index (κ1) is 10.0. The number of hydrogen-bond donors (Lipinski definition) is 2. The van der Waals surface area contributed by atoms with Crippen LogP contribution in [0.3, 0.4) is 0 Å². The van der Waals surface area contributed by atoms with E-state index in [9.17, 15) is 8.42 Å². The highest BCUT2D eigenvalue weighted by Crippen LogP contribution is 2.21. The highest BCUT2D eigenvalue weighted by Gasteiger charge is 2.25. The van der Waals surface area contributed by atoms with Crippen molar-refractivity contribution in [2.75, 3.05) is 5.73 Å². The number of nitrogens with one attached hydrogen (secondary N) is 1. The second-order valence-electron chi connectivity index (χ2n) is 2.91. The van der Waals surface area contributed by atoms with Crippen LogP contribution >= 0.6 is 0 Å². The van der Waals surface area contributed by atoms with Crippen molar-refractivity contribution in [2.24, 2.45) is 0 Å². The SMILES string of the molecule is CCC(C)S(=O)(=O)c1cn[nH]c1N. The molecule has 1 unspecified atom stereocenters. The number of nitrogen functional groups attached to an aromatic ring is 1. The third-order valence-corrected chi connectivity index (χ3v) is 4.37. The van der Waals surface area contributed by atoms with Gasteiger partial charge in [0.15, 0.2) is 9.84 Å². The molecule has 0 aliphatic carbocycles. The summed E-state index contributed by atoms with van der Waals surface area (Å²) in [4.78, 5) is 0.0989. The summed E-state index contributed by atoms with van der Waals surface area (Å²) in [5.74, 6) is 0.111. The second-order valence-corrected chi connectivity index (χ2v) is 5.25. The first-order valence-electron chi connectivity index (χ1n) is 4.03. The molecule has 1 aromatic heterocycles. The zero-order valence-electron chi connectivity index (χ0n) is 7.61. The Morgan fingerprint density at radius 3 is 2.69 bits per heavy atom. The van der Waals surface area contributed by atoms with Gasteiger partial charge in [-0.05, 0) is 13.3 Å². The van der Waals surface area contributed by atoms with Crippen LogP contribution in [0.5, 0.6) is 0 Å². The van der Waals surface area contributed by atoms with Crippen LogP contribution < -0.4 is 5.73 Å². The van der Waals surface area contributed by atoms with Gasteiger partial charge in [-0.3, -0.25) is 5.10 Å². The molecule has 0 aliphatic rings. The molecule has 1 rings (SSSR count). The average molecular weight is 203 g/mol. The van der Waals surface area contributed by atoms with Gasteiger partial charge in [0.25, 0.3) is 0 Å². The van der Waals surface area contributed by atoms with E-state index in [2.05, 4.69) is 10.2 Å². The maximum atomic E-state index is 11.7. The molecule has 0 saturated carbocycles. The molecule has 0 spiro atoms. The van der Waals surface area contributed by atoms with Crippen LogP contribution in [0.15, 0.2) is 11.1 Å². The van der Waals surface area contributed by atoms with Crippen LogP contribution in [0.4, 0.5) is 5.82 Å². The lowest BCUT2D eigenvalue weighted by Crippen LogP contribution is -2.17. The van der Waals surface area contributed by atoms with Crippen LogP contribution in [0.25, 0.3) is 0 Å². The van der Waals surface area contributed by atoms with E-state index < -0.39 is 15.1 Å². The van der Waals surface area contributed by atoms with Crippen molar-refractivity contribution in [3.8, 4) is 0 Å². The Morgan fingerprint density at radius 2 is 2.31 bits per heavy atom. The normalized spacial score (nSPS) is 14.3. The quantitative estimate of drug-likeness (QED) is 0.751. The Bertz CT molecular complexity index is 382.